The summed E-state index contributed by atoms with van der Waals surface area (Å²) < 4.78 is 17.7. The van der Waals surface area contributed by atoms with E-state index in [2.05, 4.69) is 11.1 Å². The van der Waals surface area contributed by atoms with Gasteiger partial charge in [0, 0.05) is 20.2 Å². The monoisotopic (exact) mass is 223 g/mol. The predicted molar refractivity (Wildman–Crippen MR) is 58.5 cm³/mol. The van der Waals surface area contributed by atoms with Crippen LogP contribution in [0.2, 0.25) is 0 Å². The van der Waals surface area contributed by atoms with Gasteiger partial charge in [0.1, 0.15) is 11.6 Å². The topological polar surface area (TPSA) is 49.1 Å². The molecule has 0 saturated carbocycles. The van der Waals surface area contributed by atoms with Crippen molar-refractivity contribution < 1.29 is 9.13 Å². The standard InChI is InChI=1S/C11H14FN3O/c1-16-8-7-15(6-2-5-13)11-4-3-10(12)9-14-11/h3-4,9H,2,6-8H2,1H3. The first-order chi connectivity index (χ1) is 7.77. The van der Waals surface area contributed by atoms with E-state index in [-0.39, 0.29) is 5.82 Å². The zero-order valence-corrected chi connectivity index (χ0v) is 9.19. The fraction of sp³-hybridized carbons (Fsp3) is 0.455. The molecule has 4 nitrogen and oxygen atoms in total. The number of hydrogen-bond acceptors (Lipinski definition) is 4. The third-order valence-corrected chi connectivity index (χ3v) is 2.09. The Labute approximate surface area is 94.3 Å². The Hall–Kier alpha value is -1.67. The van der Waals surface area contributed by atoms with Crippen LogP contribution >= 0.6 is 0 Å². The first kappa shape index (κ1) is 12.4. The van der Waals surface area contributed by atoms with E-state index in [1.807, 2.05) is 4.90 Å². The molecule has 0 atom stereocenters. The molecule has 16 heavy (non-hydrogen) atoms. The second-order valence-corrected chi connectivity index (χ2v) is 3.22. The Kier molecular flexibility index (Phi) is 5.23. The molecule has 1 aromatic heterocycles. The quantitative estimate of drug-likeness (QED) is 0.734. The lowest BCUT2D eigenvalue weighted by Gasteiger charge is -2.21. The summed E-state index contributed by atoms with van der Waals surface area (Å²) in [6.07, 6.45) is 1.57. The number of pyridine rings is 1. The van der Waals surface area contributed by atoms with Gasteiger partial charge in [-0.05, 0) is 12.1 Å². The third kappa shape index (κ3) is 3.83. The second kappa shape index (κ2) is 6.75. The van der Waals surface area contributed by atoms with Crippen molar-refractivity contribution in [2.45, 2.75) is 6.42 Å². The van der Waals surface area contributed by atoms with Gasteiger partial charge in [-0.1, -0.05) is 0 Å². The maximum atomic E-state index is 12.7. The van der Waals surface area contributed by atoms with Gasteiger partial charge in [-0.2, -0.15) is 5.26 Å². The highest BCUT2D eigenvalue weighted by Crippen LogP contribution is 2.10. The Balaban J connectivity index is 2.67. The Morgan fingerprint density at radius 2 is 2.31 bits per heavy atom. The van der Waals surface area contributed by atoms with Crippen LogP contribution in [-0.4, -0.2) is 31.8 Å². The summed E-state index contributed by atoms with van der Waals surface area (Å²) in [4.78, 5) is 5.87. The Bertz CT molecular complexity index is 347. The van der Waals surface area contributed by atoms with Gasteiger partial charge in [-0.25, -0.2) is 9.37 Å². The fourth-order valence-corrected chi connectivity index (χ4v) is 1.28. The van der Waals surface area contributed by atoms with Crippen molar-refractivity contribution in [2.24, 2.45) is 0 Å². The molecule has 1 aromatic rings. The average molecular weight is 223 g/mol. The molecule has 5 heteroatoms. The second-order valence-electron chi connectivity index (χ2n) is 3.22. The number of hydrogen-bond donors (Lipinski definition) is 0. The molecule has 1 heterocycles. The molecule has 0 aliphatic rings. The van der Waals surface area contributed by atoms with E-state index >= 15 is 0 Å². The molecule has 0 aliphatic heterocycles. The lowest BCUT2D eigenvalue weighted by atomic mass is 10.3. The van der Waals surface area contributed by atoms with Gasteiger partial charge < -0.3 is 9.64 Å². The third-order valence-electron chi connectivity index (χ3n) is 2.09. The SMILES string of the molecule is COCCN(CCC#N)c1ccc(F)cn1. The van der Waals surface area contributed by atoms with Crippen molar-refractivity contribution in [3.8, 4) is 6.07 Å². The normalized spacial score (nSPS) is 9.81. The van der Waals surface area contributed by atoms with Crippen LogP contribution in [0.25, 0.3) is 0 Å². The van der Waals surface area contributed by atoms with Gasteiger partial charge in [0.15, 0.2) is 0 Å². The van der Waals surface area contributed by atoms with Gasteiger partial charge in [0.25, 0.3) is 0 Å². The van der Waals surface area contributed by atoms with E-state index in [0.29, 0.717) is 31.9 Å². The van der Waals surface area contributed by atoms with E-state index in [9.17, 15) is 4.39 Å². The highest BCUT2D eigenvalue weighted by molar-refractivity contribution is 5.37. The van der Waals surface area contributed by atoms with E-state index < -0.39 is 0 Å². The molecule has 0 radical (unpaired) electrons. The first-order valence-electron chi connectivity index (χ1n) is 5.00. The molecular formula is C11H14FN3O. The predicted octanol–water partition coefficient (Wildman–Crippen LogP) is 1.59. The molecule has 0 unspecified atom stereocenters. The number of nitrogens with zero attached hydrogens (tertiary/aromatic N) is 3. The van der Waals surface area contributed by atoms with Crippen LogP contribution in [0.1, 0.15) is 6.42 Å². The Morgan fingerprint density at radius 3 is 2.88 bits per heavy atom. The van der Waals surface area contributed by atoms with Crippen LogP contribution in [-0.2, 0) is 4.74 Å². The van der Waals surface area contributed by atoms with Crippen molar-refractivity contribution in [1.29, 1.82) is 5.26 Å². The molecule has 0 saturated heterocycles. The van der Waals surface area contributed by atoms with Gasteiger partial charge >= 0.3 is 0 Å². The number of aromatic nitrogens is 1. The van der Waals surface area contributed by atoms with Crippen molar-refractivity contribution in [3.63, 3.8) is 0 Å². The van der Waals surface area contributed by atoms with E-state index in [1.54, 1.807) is 13.2 Å². The number of methoxy groups -OCH3 is 1. The van der Waals surface area contributed by atoms with Crippen molar-refractivity contribution in [3.05, 3.63) is 24.1 Å². The summed E-state index contributed by atoms with van der Waals surface area (Å²) in [5, 5.41) is 8.54. The number of rotatable bonds is 6. The minimum Gasteiger partial charge on any atom is -0.383 e. The maximum absolute atomic E-state index is 12.7. The summed E-state index contributed by atoms with van der Waals surface area (Å²) in [5.41, 5.74) is 0. The number of anilines is 1. The molecule has 0 amide bonds. The molecule has 0 spiro atoms. The van der Waals surface area contributed by atoms with Crippen LogP contribution in [0.5, 0.6) is 0 Å². The lowest BCUT2D eigenvalue weighted by molar-refractivity contribution is 0.205. The number of nitriles is 1. The van der Waals surface area contributed by atoms with Crippen LogP contribution < -0.4 is 4.90 Å². The number of ether oxygens (including phenoxy) is 1. The molecule has 86 valence electrons. The summed E-state index contributed by atoms with van der Waals surface area (Å²) >= 11 is 0. The van der Waals surface area contributed by atoms with Crippen LogP contribution in [0.15, 0.2) is 18.3 Å². The summed E-state index contributed by atoms with van der Waals surface area (Å²) in [6, 6.07) is 5.03. The first-order valence-corrected chi connectivity index (χ1v) is 5.00. The van der Waals surface area contributed by atoms with Crippen LogP contribution in [0.3, 0.4) is 0 Å². The van der Waals surface area contributed by atoms with Gasteiger partial charge in [0.2, 0.25) is 0 Å². The highest BCUT2D eigenvalue weighted by atomic mass is 19.1. The highest BCUT2D eigenvalue weighted by Gasteiger charge is 2.07. The fourth-order valence-electron chi connectivity index (χ4n) is 1.28. The van der Waals surface area contributed by atoms with Crippen LogP contribution in [0.4, 0.5) is 10.2 Å². The largest absolute Gasteiger partial charge is 0.383 e. The smallest absolute Gasteiger partial charge is 0.141 e. The van der Waals surface area contributed by atoms with E-state index in [4.69, 9.17) is 10.00 Å². The summed E-state index contributed by atoms with van der Waals surface area (Å²) in [7, 11) is 1.61. The minimum absolute atomic E-state index is 0.365. The van der Waals surface area contributed by atoms with E-state index in [0.717, 1.165) is 0 Å². The van der Waals surface area contributed by atoms with Crippen molar-refractivity contribution in [2.75, 3.05) is 31.7 Å². The molecule has 0 N–H and O–H groups in total. The Morgan fingerprint density at radius 1 is 1.50 bits per heavy atom. The molecular weight excluding hydrogens is 209 g/mol. The molecule has 1 rings (SSSR count). The molecule has 0 aliphatic carbocycles. The zero-order valence-electron chi connectivity index (χ0n) is 9.19. The van der Waals surface area contributed by atoms with Crippen molar-refractivity contribution in [1.82, 2.24) is 4.98 Å². The lowest BCUT2D eigenvalue weighted by Crippen LogP contribution is -2.28. The van der Waals surface area contributed by atoms with Gasteiger partial charge in [-0.3, -0.25) is 0 Å². The van der Waals surface area contributed by atoms with E-state index in [1.165, 1.54) is 12.3 Å². The van der Waals surface area contributed by atoms with Gasteiger partial charge in [0.05, 0.1) is 25.3 Å². The molecule has 0 fully saturated rings. The van der Waals surface area contributed by atoms with Crippen LogP contribution in [0, 0.1) is 17.1 Å². The zero-order chi connectivity index (χ0) is 11.8. The molecule has 0 aromatic carbocycles. The van der Waals surface area contributed by atoms with Crippen molar-refractivity contribution >= 4 is 5.82 Å². The maximum Gasteiger partial charge on any atom is 0.141 e. The molecule has 0 bridgehead atoms. The minimum atomic E-state index is -0.365. The summed E-state index contributed by atoms with van der Waals surface area (Å²) in [6.45, 7) is 1.75. The number of halogens is 1. The average Bonchev–Trinajstić information content (AvgIpc) is 2.31. The van der Waals surface area contributed by atoms with Gasteiger partial charge in [-0.15, -0.1) is 0 Å². The summed E-state index contributed by atoms with van der Waals surface area (Å²) in [5.74, 6) is 0.296.